The van der Waals surface area contributed by atoms with Crippen LogP contribution in [0, 0.1) is 5.92 Å². The minimum atomic E-state index is -0.763. The van der Waals surface area contributed by atoms with Crippen molar-refractivity contribution in [1.82, 2.24) is 10.2 Å². The standard InChI is InChI=1S/C7H12N2O2/c10-7(11)9-4-5-1-6(9)3-8-2-5/h5-6,8H,1-4H2,(H,10,11)/t5-,6+/m1/s1. The van der Waals surface area contributed by atoms with E-state index >= 15 is 0 Å². The number of carboxylic acid groups (broad SMARTS) is 1. The van der Waals surface area contributed by atoms with E-state index in [1.165, 1.54) is 0 Å². The quantitative estimate of drug-likeness (QED) is 0.517. The van der Waals surface area contributed by atoms with Crippen LogP contribution in [0.15, 0.2) is 0 Å². The summed E-state index contributed by atoms with van der Waals surface area (Å²) in [7, 11) is 0. The monoisotopic (exact) mass is 156 g/mol. The first kappa shape index (κ1) is 6.91. The highest BCUT2D eigenvalue weighted by molar-refractivity contribution is 5.66. The Hall–Kier alpha value is -0.770. The van der Waals surface area contributed by atoms with Crippen LogP contribution in [0.25, 0.3) is 0 Å². The summed E-state index contributed by atoms with van der Waals surface area (Å²) in [6.45, 7) is 2.55. The molecular formula is C7H12N2O2. The Kier molecular flexibility index (Phi) is 1.49. The highest BCUT2D eigenvalue weighted by Gasteiger charge is 2.37. The Balaban J connectivity index is 2.08. The Labute approximate surface area is 65.2 Å². The molecule has 2 bridgehead atoms. The van der Waals surface area contributed by atoms with Crippen molar-refractivity contribution in [3.63, 3.8) is 0 Å². The van der Waals surface area contributed by atoms with Crippen LogP contribution in [-0.4, -0.2) is 41.8 Å². The van der Waals surface area contributed by atoms with Crippen molar-refractivity contribution in [2.75, 3.05) is 19.6 Å². The van der Waals surface area contributed by atoms with Gasteiger partial charge in [0.25, 0.3) is 0 Å². The molecule has 0 spiro atoms. The predicted molar refractivity (Wildman–Crippen MR) is 39.5 cm³/mol. The summed E-state index contributed by atoms with van der Waals surface area (Å²) in [5.41, 5.74) is 0. The van der Waals surface area contributed by atoms with Crippen molar-refractivity contribution < 1.29 is 9.90 Å². The molecule has 0 radical (unpaired) electrons. The van der Waals surface area contributed by atoms with E-state index in [0.29, 0.717) is 5.92 Å². The summed E-state index contributed by atoms with van der Waals surface area (Å²) in [5.74, 6) is 0.560. The lowest BCUT2D eigenvalue weighted by atomic mass is 10.0. The molecule has 2 aliphatic heterocycles. The first-order valence-corrected chi connectivity index (χ1v) is 3.97. The largest absolute Gasteiger partial charge is 0.465 e. The van der Waals surface area contributed by atoms with Gasteiger partial charge in [-0.15, -0.1) is 0 Å². The van der Waals surface area contributed by atoms with E-state index in [-0.39, 0.29) is 6.04 Å². The van der Waals surface area contributed by atoms with Crippen molar-refractivity contribution in [3.8, 4) is 0 Å². The molecule has 1 amide bonds. The van der Waals surface area contributed by atoms with Crippen molar-refractivity contribution in [2.24, 2.45) is 5.92 Å². The number of fused-ring (bicyclic) bond motifs is 2. The molecule has 2 heterocycles. The highest BCUT2D eigenvalue weighted by atomic mass is 16.4. The lowest BCUT2D eigenvalue weighted by Crippen LogP contribution is -2.41. The van der Waals surface area contributed by atoms with Crippen molar-refractivity contribution in [3.05, 3.63) is 0 Å². The highest BCUT2D eigenvalue weighted by Crippen LogP contribution is 2.25. The zero-order valence-electron chi connectivity index (χ0n) is 6.29. The third-order valence-corrected chi connectivity index (χ3v) is 2.56. The summed E-state index contributed by atoms with van der Waals surface area (Å²) in [5, 5.41) is 12.0. The Morgan fingerprint density at radius 2 is 2.36 bits per heavy atom. The number of carbonyl (C=O) groups is 1. The fourth-order valence-corrected chi connectivity index (χ4v) is 2.04. The molecule has 0 aliphatic carbocycles. The van der Waals surface area contributed by atoms with E-state index in [1.54, 1.807) is 4.90 Å². The third kappa shape index (κ3) is 1.07. The molecule has 2 saturated heterocycles. The van der Waals surface area contributed by atoms with Crippen molar-refractivity contribution in [2.45, 2.75) is 12.5 Å². The Morgan fingerprint density at radius 3 is 3.00 bits per heavy atom. The number of hydrogen-bond donors (Lipinski definition) is 2. The molecule has 0 aromatic carbocycles. The van der Waals surface area contributed by atoms with Gasteiger partial charge >= 0.3 is 6.09 Å². The van der Waals surface area contributed by atoms with Gasteiger partial charge < -0.3 is 15.3 Å². The van der Waals surface area contributed by atoms with Gasteiger partial charge in [0.2, 0.25) is 0 Å². The van der Waals surface area contributed by atoms with Gasteiger partial charge in [-0.25, -0.2) is 4.79 Å². The van der Waals surface area contributed by atoms with Gasteiger partial charge in [0.05, 0.1) is 0 Å². The molecule has 2 fully saturated rings. The molecule has 11 heavy (non-hydrogen) atoms. The van der Waals surface area contributed by atoms with E-state index in [1.807, 2.05) is 0 Å². The van der Waals surface area contributed by atoms with Gasteiger partial charge in [-0.2, -0.15) is 0 Å². The third-order valence-electron chi connectivity index (χ3n) is 2.56. The molecular weight excluding hydrogens is 144 g/mol. The summed E-state index contributed by atoms with van der Waals surface area (Å²) in [4.78, 5) is 12.2. The molecule has 0 saturated carbocycles. The van der Waals surface area contributed by atoms with Crippen LogP contribution in [0.3, 0.4) is 0 Å². The Bertz CT molecular complexity index is 183. The van der Waals surface area contributed by atoms with Gasteiger partial charge in [-0.3, -0.25) is 0 Å². The first-order chi connectivity index (χ1) is 5.27. The van der Waals surface area contributed by atoms with Crippen LogP contribution in [0.5, 0.6) is 0 Å². The molecule has 0 unspecified atom stereocenters. The average molecular weight is 156 g/mol. The topological polar surface area (TPSA) is 52.6 Å². The second-order valence-corrected chi connectivity index (χ2v) is 3.35. The second kappa shape index (κ2) is 2.37. The van der Waals surface area contributed by atoms with E-state index in [9.17, 15) is 4.79 Å². The van der Waals surface area contributed by atoms with E-state index in [0.717, 1.165) is 26.1 Å². The predicted octanol–water partition coefficient (Wildman–Crippen LogP) is -0.0419. The fourth-order valence-electron chi connectivity index (χ4n) is 2.04. The SMILES string of the molecule is O=C(O)N1C[C@H]2CNC[C@@H]1C2. The molecule has 0 aromatic heterocycles. The molecule has 2 atom stereocenters. The van der Waals surface area contributed by atoms with E-state index in [4.69, 9.17) is 5.11 Å². The Morgan fingerprint density at radius 1 is 1.55 bits per heavy atom. The van der Waals surface area contributed by atoms with E-state index < -0.39 is 6.09 Å². The second-order valence-electron chi connectivity index (χ2n) is 3.35. The molecule has 4 nitrogen and oxygen atoms in total. The maximum absolute atomic E-state index is 10.6. The van der Waals surface area contributed by atoms with Crippen molar-refractivity contribution in [1.29, 1.82) is 0 Å². The van der Waals surface area contributed by atoms with Gasteiger partial charge in [0.1, 0.15) is 0 Å². The number of likely N-dealkylation sites (tertiary alicyclic amines) is 1. The van der Waals surface area contributed by atoms with Crippen LogP contribution < -0.4 is 5.32 Å². The molecule has 4 heteroatoms. The van der Waals surface area contributed by atoms with Crippen LogP contribution in [-0.2, 0) is 0 Å². The lowest BCUT2D eigenvalue weighted by molar-refractivity contribution is 0.141. The molecule has 2 aliphatic rings. The molecule has 2 N–H and O–H groups in total. The number of amides is 1. The number of rotatable bonds is 0. The van der Waals surface area contributed by atoms with Crippen LogP contribution in [0.2, 0.25) is 0 Å². The van der Waals surface area contributed by atoms with Crippen LogP contribution in [0.1, 0.15) is 6.42 Å². The first-order valence-electron chi connectivity index (χ1n) is 3.97. The normalized spacial score (nSPS) is 35.8. The average Bonchev–Trinajstić information content (AvgIpc) is 2.27. The van der Waals surface area contributed by atoms with Crippen molar-refractivity contribution >= 4 is 6.09 Å². The van der Waals surface area contributed by atoms with Gasteiger partial charge in [0, 0.05) is 19.1 Å². The zero-order chi connectivity index (χ0) is 7.84. The fraction of sp³-hybridized carbons (Fsp3) is 0.857. The van der Waals surface area contributed by atoms with Gasteiger partial charge in [-0.1, -0.05) is 0 Å². The van der Waals surface area contributed by atoms with E-state index in [2.05, 4.69) is 5.32 Å². The molecule has 62 valence electrons. The summed E-state index contributed by atoms with van der Waals surface area (Å²) in [6.07, 6.45) is 0.292. The smallest absolute Gasteiger partial charge is 0.407 e. The summed E-state index contributed by atoms with van der Waals surface area (Å²) in [6, 6.07) is 0.242. The zero-order valence-corrected chi connectivity index (χ0v) is 6.29. The minimum absolute atomic E-state index is 0.242. The van der Waals surface area contributed by atoms with Crippen LogP contribution in [0.4, 0.5) is 4.79 Å². The summed E-state index contributed by atoms with van der Waals surface area (Å²) >= 11 is 0. The minimum Gasteiger partial charge on any atom is -0.465 e. The number of hydrogen-bond acceptors (Lipinski definition) is 2. The van der Waals surface area contributed by atoms with Crippen LogP contribution >= 0.6 is 0 Å². The number of nitrogens with one attached hydrogen (secondary N) is 1. The number of piperidine rings is 1. The molecule has 0 aromatic rings. The maximum atomic E-state index is 10.6. The lowest BCUT2D eigenvalue weighted by Gasteiger charge is -2.22. The summed E-state index contributed by atoms with van der Waals surface area (Å²) < 4.78 is 0. The maximum Gasteiger partial charge on any atom is 0.407 e. The van der Waals surface area contributed by atoms with Gasteiger partial charge in [0.15, 0.2) is 0 Å². The molecule has 2 rings (SSSR count). The number of nitrogens with zero attached hydrogens (tertiary/aromatic N) is 1. The van der Waals surface area contributed by atoms with Gasteiger partial charge in [-0.05, 0) is 18.9 Å².